The van der Waals surface area contributed by atoms with Crippen molar-refractivity contribution in [1.82, 2.24) is 4.98 Å². The fourth-order valence-electron chi connectivity index (χ4n) is 2.53. The van der Waals surface area contributed by atoms with Gasteiger partial charge in [-0.05, 0) is 56.5 Å². The summed E-state index contributed by atoms with van der Waals surface area (Å²) < 4.78 is 1.39. The molecule has 2 nitrogen and oxygen atoms in total. The summed E-state index contributed by atoms with van der Waals surface area (Å²) in [5.74, 6) is 0. The molecule has 0 N–H and O–H groups in total. The molecule has 0 bridgehead atoms. The van der Waals surface area contributed by atoms with Gasteiger partial charge in [-0.25, -0.2) is 4.98 Å². The van der Waals surface area contributed by atoms with E-state index in [2.05, 4.69) is 57.1 Å². The van der Waals surface area contributed by atoms with Crippen molar-refractivity contribution < 1.29 is 0 Å². The zero-order chi connectivity index (χ0) is 14.3. The quantitative estimate of drug-likeness (QED) is 0.843. The van der Waals surface area contributed by atoms with Gasteiger partial charge in [0, 0.05) is 25.3 Å². The summed E-state index contributed by atoms with van der Waals surface area (Å²) in [5, 5.41) is 2.37. The lowest BCUT2D eigenvalue weighted by molar-refractivity contribution is 1.01. The van der Waals surface area contributed by atoms with Gasteiger partial charge in [0.2, 0.25) is 0 Å². The number of rotatable bonds is 2. The summed E-state index contributed by atoms with van der Waals surface area (Å²) in [6.45, 7) is 4.45. The molecule has 104 valence electrons. The molecule has 1 aromatic heterocycles. The molecule has 0 radical (unpaired) electrons. The molecule has 3 rings (SSSR count). The van der Waals surface area contributed by atoms with E-state index < -0.39 is 0 Å². The molecule has 0 spiro atoms. The Morgan fingerprint density at radius 1 is 1.00 bits per heavy atom. The highest BCUT2D eigenvalue weighted by Crippen LogP contribution is 2.23. The summed E-state index contributed by atoms with van der Waals surface area (Å²) >= 11 is 1.83. The van der Waals surface area contributed by atoms with E-state index in [0.29, 0.717) is 0 Å². The maximum Gasteiger partial charge on any atom is 0.124 e. The third kappa shape index (κ3) is 2.27. The van der Waals surface area contributed by atoms with Gasteiger partial charge in [0.25, 0.3) is 0 Å². The average Bonchev–Trinajstić information content (AvgIpc) is 2.89. The molecule has 20 heavy (non-hydrogen) atoms. The van der Waals surface area contributed by atoms with Gasteiger partial charge < -0.3 is 4.90 Å². The number of fused-ring (bicyclic) bond motifs is 1. The predicted molar refractivity (Wildman–Crippen MR) is 88.5 cm³/mol. The summed E-state index contributed by atoms with van der Waals surface area (Å²) in [5.41, 5.74) is 5.36. The second-order valence-electron chi connectivity index (χ2n) is 5.70. The largest absolute Gasteiger partial charge is 0.378 e. The van der Waals surface area contributed by atoms with Gasteiger partial charge in [0.05, 0.1) is 9.88 Å². The van der Waals surface area contributed by atoms with Crippen LogP contribution in [-0.4, -0.2) is 19.1 Å². The first-order chi connectivity index (χ1) is 9.56. The van der Waals surface area contributed by atoms with Gasteiger partial charge >= 0.3 is 0 Å². The maximum absolute atomic E-state index is 4.87. The summed E-state index contributed by atoms with van der Waals surface area (Å²) in [4.78, 5) is 6.99. The Balaban J connectivity index is 2.11. The fraction of sp³-hybridized carbons (Fsp3) is 0.353. The zero-order valence-electron chi connectivity index (χ0n) is 12.5. The monoisotopic (exact) mass is 284 g/mol. The zero-order valence-corrected chi connectivity index (χ0v) is 13.3. The number of nitrogens with zero attached hydrogens (tertiary/aromatic N) is 2. The molecule has 0 aliphatic heterocycles. The van der Waals surface area contributed by atoms with Crippen molar-refractivity contribution >= 4 is 28.2 Å². The van der Waals surface area contributed by atoms with Crippen LogP contribution in [0.2, 0.25) is 0 Å². The van der Waals surface area contributed by atoms with E-state index in [1.165, 1.54) is 38.7 Å². The van der Waals surface area contributed by atoms with Crippen molar-refractivity contribution in [2.24, 2.45) is 0 Å². The van der Waals surface area contributed by atoms with Crippen molar-refractivity contribution in [2.75, 3.05) is 19.0 Å². The van der Waals surface area contributed by atoms with E-state index in [1.54, 1.807) is 0 Å². The molecule has 0 fully saturated rings. The lowest BCUT2D eigenvalue weighted by Crippen LogP contribution is -2.28. The van der Waals surface area contributed by atoms with Crippen LogP contribution in [0.15, 0.2) is 24.3 Å². The van der Waals surface area contributed by atoms with Crippen LogP contribution in [0.5, 0.6) is 0 Å². The minimum absolute atomic E-state index is 1.14. The highest BCUT2D eigenvalue weighted by atomic mass is 32.1. The molecule has 3 heteroatoms. The van der Waals surface area contributed by atoms with E-state index >= 15 is 0 Å². The van der Waals surface area contributed by atoms with E-state index in [1.807, 2.05) is 11.3 Å². The number of aromatic nitrogens is 1. The highest BCUT2D eigenvalue weighted by molar-refractivity contribution is 7.13. The fourth-order valence-corrected chi connectivity index (χ4v) is 3.71. The van der Waals surface area contributed by atoms with Gasteiger partial charge in [-0.2, -0.15) is 0 Å². The van der Waals surface area contributed by atoms with Crippen LogP contribution in [-0.2, 0) is 0 Å². The third-order valence-corrected chi connectivity index (χ3v) is 5.19. The molecular weight excluding hydrogens is 264 g/mol. The van der Waals surface area contributed by atoms with Crippen LogP contribution >= 0.6 is 11.3 Å². The second kappa shape index (κ2) is 5.06. The number of thiazole rings is 1. The highest BCUT2D eigenvalue weighted by Gasteiger charge is 2.11. The molecule has 1 aliphatic carbocycles. The molecule has 0 amide bonds. The number of hydrogen-bond acceptors (Lipinski definition) is 3. The van der Waals surface area contributed by atoms with Crippen molar-refractivity contribution in [3.8, 4) is 10.6 Å². The molecule has 0 atom stereocenters. The Kier molecular flexibility index (Phi) is 3.38. The third-order valence-electron chi connectivity index (χ3n) is 3.92. The summed E-state index contributed by atoms with van der Waals surface area (Å²) in [6.07, 6.45) is 2.33. The Bertz CT molecular complexity index is 712. The average molecular weight is 284 g/mol. The smallest absolute Gasteiger partial charge is 0.124 e. The van der Waals surface area contributed by atoms with E-state index in [-0.39, 0.29) is 0 Å². The first-order valence-corrected chi connectivity index (χ1v) is 7.82. The van der Waals surface area contributed by atoms with E-state index in [9.17, 15) is 0 Å². The normalized spacial score (nSPS) is 14.4. The van der Waals surface area contributed by atoms with Crippen LogP contribution in [0.25, 0.3) is 21.7 Å². The number of benzene rings is 1. The topological polar surface area (TPSA) is 16.1 Å². The Morgan fingerprint density at radius 2 is 1.65 bits per heavy atom. The lowest BCUT2D eigenvalue weighted by atomic mass is 10.0. The molecular formula is C17H20N2S. The van der Waals surface area contributed by atoms with Crippen molar-refractivity contribution in [3.05, 3.63) is 34.1 Å². The molecule has 1 heterocycles. The van der Waals surface area contributed by atoms with E-state index in [0.717, 1.165) is 11.4 Å². The van der Waals surface area contributed by atoms with Crippen LogP contribution in [0.4, 0.5) is 5.69 Å². The first-order valence-electron chi connectivity index (χ1n) is 7.00. The van der Waals surface area contributed by atoms with Crippen LogP contribution in [0.3, 0.4) is 0 Å². The Hall–Kier alpha value is -1.61. The molecule has 1 aliphatic rings. The van der Waals surface area contributed by atoms with Crippen molar-refractivity contribution in [2.45, 2.75) is 26.7 Å². The van der Waals surface area contributed by atoms with Gasteiger partial charge in [0.15, 0.2) is 0 Å². The van der Waals surface area contributed by atoms with Gasteiger partial charge in [-0.1, -0.05) is 5.57 Å². The van der Waals surface area contributed by atoms with E-state index in [4.69, 9.17) is 4.98 Å². The minimum atomic E-state index is 1.14. The number of anilines is 1. The standard InChI is InChI=1S/C17H20N2S/c1-11-5-6-12(2)16-15(11)18-17(20-16)13-7-9-14(10-8-13)19(3)4/h7-10H,5-6H2,1-4H3. The van der Waals surface area contributed by atoms with Crippen LogP contribution in [0.1, 0.15) is 26.7 Å². The van der Waals surface area contributed by atoms with Crippen LogP contribution < -0.4 is 14.8 Å². The molecule has 2 aromatic rings. The maximum atomic E-state index is 4.87. The second-order valence-corrected chi connectivity index (χ2v) is 6.70. The molecule has 0 saturated heterocycles. The minimum Gasteiger partial charge on any atom is -0.378 e. The molecule has 1 aromatic carbocycles. The molecule has 0 unspecified atom stereocenters. The van der Waals surface area contributed by atoms with Gasteiger partial charge in [0.1, 0.15) is 5.01 Å². The predicted octanol–water partition coefficient (Wildman–Crippen LogP) is 3.01. The van der Waals surface area contributed by atoms with Gasteiger partial charge in [-0.3, -0.25) is 0 Å². The first kappa shape index (κ1) is 13.4. The summed E-state index contributed by atoms with van der Waals surface area (Å²) in [7, 11) is 4.13. The molecule has 0 saturated carbocycles. The van der Waals surface area contributed by atoms with Crippen molar-refractivity contribution in [1.29, 1.82) is 0 Å². The SMILES string of the molecule is CC1=c2nc(-c3ccc(N(C)C)cc3)sc2=C(C)CC1. The lowest BCUT2D eigenvalue weighted by Gasteiger charge is -2.11. The number of hydrogen-bond donors (Lipinski definition) is 0. The van der Waals surface area contributed by atoms with Crippen molar-refractivity contribution in [3.63, 3.8) is 0 Å². The Morgan fingerprint density at radius 3 is 2.25 bits per heavy atom. The van der Waals surface area contributed by atoms with Crippen LogP contribution in [0, 0.1) is 0 Å². The Labute approximate surface area is 124 Å². The summed E-state index contributed by atoms with van der Waals surface area (Å²) in [6, 6.07) is 8.65. The van der Waals surface area contributed by atoms with Gasteiger partial charge in [-0.15, -0.1) is 11.3 Å².